The van der Waals surface area contributed by atoms with Crippen LogP contribution in [0, 0.1) is 5.41 Å². The Morgan fingerprint density at radius 1 is 1.35 bits per heavy atom. The van der Waals surface area contributed by atoms with E-state index in [4.69, 9.17) is 9.84 Å². The second-order valence-corrected chi connectivity index (χ2v) is 4.90. The lowest BCUT2D eigenvalue weighted by atomic mass is 9.97. The van der Waals surface area contributed by atoms with Gasteiger partial charge in [-0.3, -0.25) is 4.79 Å². The van der Waals surface area contributed by atoms with Gasteiger partial charge in [-0.15, -0.1) is 0 Å². The molecule has 1 aromatic carbocycles. The Kier molecular flexibility index (Phi) is 4.12. The summed E-state index contributed by atoms with van der Waals surface area (Å²) in [6, 6.07) is 4.84. The molecule has 0 atom stereocenters. The number of aromatic hydroxyl groups is 1. The van der Waals surface area contributed by atoms with E-state index >= 15 is 0 Å². The fourth-order valence-corrected chi connectivity index (χ4v) is 1.30. The molecule has 0 aromatic heterocycles. The predicted molar refractivity (Wildman–Crippen MR) is 63.3 cm³/mol. The largest absolute Gasteiger partial charge is 0.508 e. The third kappa shape index (κ3) is 3.46. The van der Waals surface area contributed by atoms with E-state index in [2.05, 4.69) is 0 Å². The van der Waals surface area contributed by atoms with Crippen molar-refractivity contribution in [1.82, 2.24) is 0 Å². The monoisotopic (exact) mass is 238 g/mol. The molecule has 0 heterocycles. The van der Waals surface area contributed by atoms with Crippen LogP contribution >= 0.6 is 0 Å². The lowest BCUT2D eigenvalue weighted by Crippen LogP contribution is -2.22. The van der Waals surface area contributed by atoms with E-state index in [0.29, 0.717) is 11.1 Å². The first-order valence-corrected chi connectivity index (χ1v) is 5.44. The summed E-state index contributed by atoms with van der Waals surface area (Å²) in [5.74, 6) is -0.304. The number of ether oxygens (including phenoxy) is 1. The summed E-state index contributed by atoms with van der Waals surface area (Å²) >= 11 is 0. The molecule has 4 nitrogen and oxygen atoms in total. The summed E-state index contributed by atoms with van der Waals surface area (Å²) in [5, 5.41) is 18.6. The number of esters is 1. The molecule has 0 aliphatic heterocycles. The Morgan fingerprint density at radius 3 is 2.53 bits per heavy atom. The van der Waals surface area contributed by atoms with Crippen molar-refractivity contribution in [3.8, 4) is 5.75 Å². The van der Waals surface area contributed by atoms with E-state index in [1.54, 1.807) is 32.9 Å². The summed E-state index contributed by atoms with van der Waals surface area (Å²) < 4.78 is 5.13. The topological polar surface area (TPSA) is 66.8 Å². The Hall–Kier alpha value is -1.55. The number of aliphatic hydroxyl groups excluding tert-OH is 1. The molecule has 0 bridgehead atoms. The number of carbonyl (C=O) groups excluding carboxylic acids is 1. The fraction of sp³-hybridized carbons (Fsp3) is 0.462. The van der Waals surface area contributed by atoms with Crippen molar-refractivity contribution in [2.24, 2.45) is 5.41 Å². The first-order valence-electron chi connectivity index (χ1n) is 5.44. The maximum atomic E-state index is 11.6. The van der Waals surface area contributed by atoms with Gasteiger partial charge in [-0.1, -0.05) is 12.1 Å². The van der Waals surface area contributed by atoms with E-state index in [9.17, 15) is 9.90 Å². The molecule has 0 saturated heterocycles. The van der Waals surface area contributed by atoms with Crippen LogP contribution in [-0.4, -0.2) is 16.2 Å². The zero-order chi connectivity index (χ0) is 13.1. The van der Waals surface area contributed by atoms with Crippen LogP contribution < -0.4 is 0 Å². The molecule has 0 spiro atoms. The minimum Gasteiger partial charge on any atom is -0.508 e. The zero-order valence-corrected chi connectivity index (χ0v) is 10.4. The third-order valence-electron chi connectivity index (χ3n) is 2.38. The number of phenols is 1. The second-order valence-electron chi connectivity index (χ2n) is 4.90. The maximum absolute atomic E-state index is 11.6. The summed E-state index contributed by atoms with van der Waals surface area (Å²) in [7, 11) is 0. The molecule has 0 aliphatic rings. The first kappa shape index (κ1) is 13.5. The van der Waals surface area contributed by atoms with Crippen molar-refractivity contribution in [3.63, 3.8) is 0 Å². The Labute approximate surface area is 101 Å². The van der Waals surface area contributed by atoms with Gasteiger partial charge in [0.25, 0.3) is 0 Å². The fourth-order valence-electron chi connectivity index (χ4n) is 1.30. The number of carbonyl (C=O) groups is 1. The van der Waals surface area contributed by atoms with E-state index < -0.39 is 5.41 Å². The molecule has 1 aromatic rings. The van der Waals surface area contributed by atoms with E-state index in [0.717, 1.165) is 0 Å². The van der Waals surface area contributed by atoms with Crippen molar-refractivity contribution in [2.45, 2.75) is 34.0 Å². The standard InChI is InChI=1S/C13H18O4/c1-13(2,3)12(16)17-8-9-5-4-6-11(15)10(9)7-14/h4-6,14-15H,7-8H2,1-3H3. The zero-order valence-electron chi connectivity index (χ0n) is 10.4. The highest BCUT2D eigenvalue weighted by Crippen LogP contribution is 2.23. The van der Waals surface area contributed by atoms with Gasteiger partial charge in [-0.25, -0.2) is 0 Å². The van der Waals surface area contributed by atoms with Crippen molar-refractivity contribution < 1.29 is 19.7 Å². The molecule has 1 rings (SSSR count). The Morgan fingerprint density at radius 2 is 2.00 bits per heavy atom. The van der Waals surface area contributed by atoms with Gasteiger partial charge in [0.15, 0.2) is 0 Å². The maximum Gasteiger partial charge on any atom is 0.311 e. The number of benzene rings is 1. The van der Waals surface area contributed by atoms with Gasteiger partial charge in [0, 0.05) is 5.56 Å². The number of hydrogen-bond acceptors (Lipinski definition) is 4. The lowest BCUT2D eigenvalue weighted by molar-refractivity contribution is -0.154. The van der Waals surface area contributed by atoms with Crippen LogP contribution in [0.15, 0.2) is 18.2 Å². The van der Waals surface area contributed by atoms with Gasteiger partial charge in [-0.05, 0) is 32.4 Å². The molecule has 2 N–H and O–H groups in total. The van der Waals surface area contributed by atoms with Gasteiger partial charge < -0.3 is 14.9 Å². The van der Waals surface area contributed by atoms with Crippen molar-refractivity contribution in [3.05, 3.63) is 29.3 Å². The first-order chi connectivity index (χ1) is 7.86. The lowest BCUT2D eigenvalue weighted by Gasteiger charge is -2.17. The number of rotatable bonds is 3. The van der Waals surface area contributed by atoms with Gasteiger partial charge in [-0.2, -0.15) is 0 Å². The molecule has 17 heavy (non-hydrogen) atoms. The smallest absolute Gasteiger partial charge is 0.311 e. The number of aliphatic hydroxyl groups is 1. The average Bonchev–Trinajstić information content (AvgIpc) is 2.24. The Bertz CT molecular complexity index is 404. The highest BCUT2D eigenvalue weighted by molar-refractivity contribution is 5.75. The molecular weight excluding hydrogens is 220 g/mol. The van der Waals surface area contributed by atoms with E-state index in [1.807, 2.05) is 0 Å². The SMILES string of the molecule is CC(C)(C)C(=O)OCc1cccc(O)c1CO. The highest BCUT2D eigenvalue weighted by atomic mass is 16.5. The van der Waals surface area contributed by atoms with Crippen LogP contribution in [-0.2, 0) is 22.7 Å². The quantitative estimate of drug-likeness (QED) is 0.790. The minimum atomic E-state index is -0.559. The molecule has 94 valence electrons. The van der Waals surface area contributed by atoms with Crippen LogP contribution in [0.5, 0.6) is 5.75 Å². The summed E-state index contributed by atoms with van der Waals surface area (Å²) in [5.41, 5.74) is 0.454. The van der Waals surface area contributed by atoms with Gasteiger partial charge >= 0.3 is 5.97 Å². The van der Waals surface area contributed by atoms with Gasteiger partial charge in [0.2, 0.25) is 0 Å². The third-order valence-corrected chi connectivity index (χ3v) is 2.38. The predicted octanol–water partition coefficient (Wildman–Crippen LogP) is 1.97. The summed E-state index contributed by atoms with van der Waals surface area (Å²) in [6.45, 7) is 5.08. The molecule has 0 saturated carbocycles. The van der Waals surface area contributed by atoms with Crippen LogP contribution in [0.2, 0.25) is 0 Å². The van der Waals surface area contributed by atoms with Gasteiger partial charge in [0.05, 0.1) is 12.0 Å². The molecular formula is C13H18O4. The van der Waals surface area contributed by atoms with Crippen LogP contribution in [0.1, 0.15) is 31.9 Å². The summed E-state index contributed by atoms with van der Waals surface area (Å²) in [6.07, 6.45) is 0. The van der Waals surface area contributed by atoms with Crippen molar-refractivity contribution in [1.29, 1.82) is 0 Å². The summed E-state index contributed by atoms with van der Waals surface area (Å²) in [4.78, 5) is 11.6. The van der Waals surface area contributed by atoms with E-state index in [1.165, 1.54) is 6.07 Å². The normalized spacial score (nSPS) is 11.3. The molecule has 0 aliphatic carbocycles. The number of hydrogen-bond donors (Lipinski definition) is 2. The Balaban J connectivity index is 2.77. The van der Waals surface area contributed by atoms with Crippen LogP contribution in [0.4, 0.5) is 0 Å². The molecule has 0 amide bonds. The van der Waals surface area contributed by atoms with Gasteiger partial charge in [0.1, 0.15) is 12.4 Å². The molecule has 4 heteroatoms. The van der Waals surface area contributed by atoms with Crippen molar-refractivity contribution in [2.75, 3.05) is 0 Å². The van der Waals surface area contributed by atoms with Crippen LogP contribution in [0.25, 0.3) is 0 Å². The van der Waals surface area contributed by atoms with E-state index in [-0.39, 0.29) is 24.9 Å². The molecule has 0 fully saturated rings. The molecule has 0 unspecified atom stereocenters. The minimum absolute atomic E-state index is 0.0109. The highest BCUT2D eigenvalue weighted by Gasteiger charge is 2.23. The molecule has 0 radical (unpaired) electrons. The van der Waals surface area contributed by atoms with Crippen molar-refractivity contribution >= 4 is 5.97 Å². The average molecular weight is 238 g/mol. The second kappa shape index (κ2) is 5.19. The van der Waals surface area contributed by atoms with Crippen LogP contribution in [0.3, 0.4) is 0 Å².